The zero-order chi connectivity index (χ0) is 14.2. The molecule has 1 aromatic carbocycles. The summed E-state index contributed by atoms with van der Waals surface area (Å²) in [7, 11) is 2.24. The Balaban J connectivity index is 1.64. The highest BCUT2D eigenvalue weighted by Crippen LogP contribution is 2.09. The van der Waals surface area contributed by atoms with Crippen LogP contribution in [0.15, 0.2) is 30.3 Å². The third-order valence-electron chi connectivity index (χ3n) is 4.20. The summed E-state index contributed by atoms with van der Waals surface area (Å²) >= 11 is 0. The third kappa shape index (κ3) is 5.23. The minimum atomic E-state index is 0.523. The van der Waals surface area contributed by atoms with Gasteiger partial charge in [0.2, 0.25) is 0 Å². The van der Waals surface area contributed by atoms with Crippen LogP contribution in [0.2, 0.25) is 0 Å². The quantitative estimate of drug-likeness (QED) is 0.827. The summed E-state index contributed by atoms with van der Waals surface area (Å²) < 4.78 is 5.52. The molecule has 0 aromatic heterocycles. The fourth-order valence-electron chi connectivity index (χ4n) is 2.76. The van der Waals surface area contributed by atoms with E-state index in [1.54, 1.807) is 0 Å². The Morgan fingerprint density at radius 2 is 2.15 bits per heavy atom. The standard InChI is InChI=1S/C17H28N2O/c1-15(13-17-14-20-12-10-18-17)19(2)11-6-9-16-7-4-3-5-8-16/h3-5,7-8,15,17-18H,6,9-14H2,1-2H3. The van der Waals surface area contributed by atoms with Gasteiger partial charge in [0.05, 0.1) is 13.2 Å². The molecule has 2 unspecified atom stereocenters. The van der Waals surface area contributed by atoms with Gasteiger partial charge in [-0.05, 0) is 45.3 Å². The Hall–Kier alpha value is -0.900. The molecule has 1 heterocycles. The van der Waals surface area contributed by atoms with Gasteiger partial charge in [-0.25, -0.2) is 0 Å². The molecule has 0 bridgehead atoms. The van der Waals surface area contributed by atoms with Gasteiger partial charge in [0, 0.05) is 18.6 Å². The van der Waals surface area contributed by atoms with Crippen molar-refractivity contribution in [3.63, 3.8) is 0 Å². The molecule has 1 saturated heterocycles. The van der Waals surface area contributed by atoms with Crippen molar-refractivity contribution >= 4 is 0 Å². The Morgan fingerprint density at radius 3 is 2.85 bits per heavy atom. The first-order valence-electron chi connectivity index (χ1n) is 7.81. The average molecular weight is 276 g/mol. The Bertz CT molecular complexity index is 363. The van der Waals surface area contributed by atoms with E-state index in [1.165, 1.54) is 24.8 Å². The first-order valence-corrected chi connectivity index (χ1v) is 7.81. The normalized spacial score (nSPS) is 21.1. The van der Waals surface area contributed by atoms with Crippen LogP contribution in [0, 0.1) is 0 Å². The van der Waals surface area contributed by atoms with Crippen LogP contribution in [0.4, 0.5) is 0 Å². The molecular formula is C17H28N2O. The first kappa shape index (κ1) is 15.5. The van der Waals surface area contributed by atoms with Gasteiger partial charge in [0.25, 0.3) is 0 Å². The predicted molar refractivity (Wildman–Crippen MR) is 84.1 cm³/mol. The molecule has 1 aliphatic rings. The van der Waals surface area contributed by atoms with Gasteiger partial charge in [-0.3, -0.25) is 0 Å². The van der Waals surface area contributed by atoms with E-state index in [4.69, 9.17) is 4.74 Å². The lowest BCUT2D eigenvalue weighted by Crippen LogP contribution is -2.45. The second-order valence-corrected chi connectivity index (χ2v) is 5.88. The van der Waals surface area contributed by atoms with Crippen molar-refractivity contribution < 1.29 is 4.74 Å². The van der Waals surface area contributed by atoms with Crippen LogP contribution in [0.1, 0.15) is 25.3 Å². The number of hydrogen-bond donors (Lipinski definition) is 1. The van der Waals surface area contributed by atoms with Crippen molar-refractivity contribution in [2.75, 3.05) is 33.4 Å². The summed E-state index contributed by atoms with van der Waals surface area (Å²) in [6.07, 6.45) is 3.56. The van der Waals surface area contributed by atoms with E-state index in [-0.39, 0.29) is 0 Å². The van der Waals surface area contributed by atoms with Crippen LogP contribution >= 0.6 is 0 Å². The maximum absolute atomic E-state index is 5.52. The molecule has 0 aliphatic carbocycles. The van der Waals surface area contributed by atoms with Gasteiger partial charge in [0.1, 0.15) is 0 Å². The molecule has 0 radical (unpaired) electrons. The highest BCUT2D eigenvalue weighted by molar-refractivity contribution is 5.14. The summed E-state index contributed by atoms with van der Waals surface area (Å²) in [5.41, 5.74) is 1.44. The van der Waals surface area contributed by atoms with Crippen LogP contribution in [0.25, 0.3) is 0 Å². The zero-order valence-corrected chi connectivity index (χ0v) is 12.8. The van der Waals surface area contributed by atoms with Crippen LogP contribution < -0.4 is 5.32 Å². The molecule has 3 heteroatoms. The van der Waals surface area contributed by atoms with E-state index in [9.17, 15) is 0 Å². The number of aryl methyl sites for hydroxylation is 1. The lowest BCUT2D eigenvalue weighted by molar-refractivity contribution is 0.0644. The summed E-state index contributed by atoms with van der Waals surface area (Å²) in [4.78, 5) is 2.47. The summed E-state index contributed by atoms with van der Waals surface area (Å²) in [6.45, 7) is 6.19. The number of morpholine rings is 1. The van der Waals surface area contributed by atoms with Crippen molar-refractivity contribution in [1.82, 2.24) is 10.2 Å². The van der Waals surface area contributed by atoms with E-state index in [2.05, 4.69) is 54.5 Å². The van der Waals surface area contributed by atoms with Crippen LogP contribution in [0.3, 0.4) is 0 Å². The minimum Gasteiger partial charge on any atom is -0.379 e. The van der Waals surface area contributed by atoms with E-state index >= 15 is 0 Å². The predicted octanol–water partition coefficient (Wildman–Crippen LogP) is 2.32. The third-order valence-corrected chi connectivity index (χ3v) is 4.20. The SMILES string of the molecule is CC(CC1COCCN1)N(C)CCCc1ccccc1. The van der Waals surface area contributed by atoms with Gasteiger partial charge in [0.15, 0.2) is 0 Å². The second-order valence-electron chi connectivity index (χ2n) is 5.88. The molecular weight excluding hydrogens is 248 g/mol. The van der Waals surface area contributed by atoms with Crippen molar-refractivity contribution in [3.05, 3.63) is 35.9 Å². The lowest BCUT2D eigenvalue weighted by atomic mass is 10.1. The number of ether oxygens (including phenoxy) is 1. The molecule has 1 aliphatic heterocycles. The van der Waals surface area contributed by atoms with Gasteiger partial charge in [-0.15, -0.1) is 0 Å². The fourth-order valence-corrected chi connectivity index (χ4v) is 2.76. The second kappa shape index (κ2) is 8.40. The molecule has 2 rings (SSSR count). The number of rotatable bonds is 7. The largest absolute Gasteiger partial charge is 0.379 e. The minimum absolute atomic E-state index is 0.523. The number of hydrogen-bond acceptors (Lipinski definition) is 3. The first-order chi connectivity index (χ1) is 9.75. The molecule has 0 amide bonds. The van der Waals surface area contributed by atoms with Gasteiger partial charge >= 0.3 is 0 Å². The Morgan fingerprint density at radius 1 is 1.35 bits per heavy atom. The van der Waals surface area contributed by atoms with Crippen molar-refractivity contribution in [2.45, 2.75) is 38.3 Å². The van der Waals surface area contributed by atoms with Gasteiger partial charge in [-0.1, -0.05) is 30.3 Å². The zero-order valence-electron chi connectivity index (χ0n) is 12.8. The molecule has 1 fully saturated rings. The lowest BCUT2D eigenvalue weighted by Gasteiger charge is -2.31. The highest BCUT2D eigenvalue weighted by atomic mass is 16.5. The molecule has 3 nitrogen and oxygen atoms in total. The van der Waals surface area contributed by atoms with E-state index in [0.29, 0.717) is 12.1 Å². The molecule has 2 atom stereocenters. The number of nitrogens with zero attached hydrogens (tertiary/aromatic N) is 1. The highest BCUT2D eigenvalue weighted by Gasteiger charge is 2.18. The smallest absolute Gasteiger partial charge is 0.0620 e. The average Bonchev–Trinajstić information content (AvgIpc) is 2.49. The van der Waals surface area contributed by atoms with Crippen molar-refractivity contribution in [1.29, 1.82) is 0 Å². The monoisotopic (exact) mass is 276 g/mol. The molecule has 20 heavy (non-hydrogen) atoms. The van der Waals surface area contributed by atoms with Crippen molar-refractivity contribution in [2.24, 2.45) is 0 Å². The van der Waals surface area contributed by atoms with Crippen molar-refractivity contribution in [3.8, 4) is 0 Å². The van der Waals surface area contributed by atoms with Crippen LogP contribution in [-0.4, -0.2) is 50.3 Å². The van der Waals surface area contributed by atoms with E-state index in [0.717, 1.165) is 26.3 Å². The summed E-state index contributed by atoms with van der Waals surface area (Å²) in [5, 5.41) is 3.54. The molecule has 112 valence electrons. The van der Waals surface area contributed by atoms with Gasteiger partial charge < -0.3 is 15.0 Å². The topological polar surface area (TPSA) is 24.5 Å². The maximum Gasteiger partial charge on any atom is 0.0620 e. The maximum atomic E-state index is 5.52. The molecule has 0 spiro atoms. The molecule has 0 saturated carbocycles. The van der Waals surface area contributed by atoms with Gasteiger partial charge in [-0.2, -0.15) is 0 Å². The van der Waals surface area contributed by atoms with Crippen LogP contribution in [0.5, 0.6) is 0 Å². The number of benzene rings is 1. The summed E-state index contributed by atoms with van der Waals surface area (Å²) in [6, 6.07) is 11.9. The number of nitrogens with one attached hydrogen (secondary N) is 1. The Labute approximate surface area is 123 Å². The molecule has 1 N–H and O–H groups in total. The fraction of sp³-hybridized carbons (Fsp3) is 0.647. The van der Waals surface area contributed by atoms with E-state index < -0.39 is 0 Å². The Kier molecular flexibility index (Phi) is 6.51. The summed E-state index contributed by atoms with van der Waals surface area (Å²) in [5.74, 6) is 0. The van der Waals surface area contributed by atoms with E-state index in [1.807, 2.05) is 0 Å². The van der Waals surface area contributed by atoms with Crippen LogP contribution in [-0.2, 0) is 11.2 Å². The molecule has 1 aromatic rings.